The number of amides is 1. The van der Waals surface area contributed by atoms with Gasteiger partial charge in [-0.2, -0.15) is 0 Å². The second kappa shape index (κ2) is 5.31. The SMILES string of the molecule is Cc1ccc(N)c(C(=O)NCc2cccnc2)c1. The van der Waals surface area contributed by atoms with Gasteiger partial charge >= 0.3 is 0 Å². The molecule has 2 rings (SSSR count). The number of carbonyl (C=O) groups is 1. The van der Waals surface area contributed by atoms with E-state index in [9.17, 15) is 4.79 Å². The topological polar surface area (TPSA) is 68.0 Å². The van der Waals surface area contributed by atoms with E-state index in [-0.39, 0.29) is 5.91 Å². The molecule has 0 bridgehead atoms. The molecule has 3 N–H and O–H groups in total. The van der Waals surface area contributed by atoms with Gasteiger partial charge in [-0.3, -0.25) is 9.78 Å². The molecule has 2 aromatic rings. The molecule has 0 aliphatic heterocycles. The molecular formula is C14H15N3O. The van der Waals surface area contributed by atoms with Crippen LogP contribution in [0.5, 0.6) is 0 Å². The molecule has 0 unspecified atom stereocenters. The van der Waals surface area contributed by atoms with Gasteiger partial charge in [-0.05, 0) is 30.7 Å². The zero-order valence-electron chi connectivity index (χ0n) is 10.2. The van der Waals surface area contributed by atoms with Crippen LogP contribution >= 0.6 is 0 Å². The summed E-state index contributed by atoms with van der Waals surface area (Å²) in [6, 6.07) is 9.16. The van der Waals surface area contributed by atoms with Crippen LogP contribution in [-0.4, -0.2) is 10.9 Å². The molecule has 0 atom stereocenters. The largest absolute Gasteiger partial charge is 0.398 e. The molecule has 0 saturated heterocycles. The van der Waals surface area contributed by atoms with E-state index in [1.54, 1.807) is 24.5 Å². The maximum atomic E-state index is 12.0. The maximum Gasteiger partial charge on any atom is 0.253 e. The molecule has 0 spiro atoms. The van der Waals surface area contributed by atoms with Crippen molar-refractivity contribution < 1.29 is 4.79 Å². The van der Waals surface area contributed by atoms with Crippen LogP contribution in [0.4, 0.5) is 5.69 Å². The lowest BCUT2D eigenvalue weighted by Crippen LogP contribution is -2.23. The number of nitrogen functional groups attached to an aromatic ring is 1. The van der Waals surface area contributed by atoms with Crippen LogP contribution in [0.25, 0.3) is 0 Å². The lowest BCUT2D eigenvalue weighted by molar-refractivity contribution is 0.0951. The van der Waals surface area contributed by atoms with Gasteiger partial charge in [-0.1, -0.05) is 17.7 Å². The van der Waals surface area contributed by atoms with Gasteiger partial charge in [0.25, 0.3) is 5.91 Å². The van der Waals surface area contributed by atoms with E-state index in [0.29, 0.717) is 17.8 Å². The Morgan fingerprint density at radius 3 is 2.94 bits per heavy atom. The number of nitrogens with one attached hydrogen (secondary N) is 1. The van der Waals surface area contributed by atoms with E-state index in [2.05, 4.69) is 10.3 Å². The van der Waals surface area contributed by atoms with Crippen molar-refractivity contribution in [3.05, 3.63) is 59.4 Å². The highest BCUT2D eigenvalue weighted by atomic mass is 16.1. The molecule has 18 heavy (non-hydrogen) atoms. The number of rotatable bonds is 3. The van der Waals surface area contributed by atoms with E-state index in [0.717, 1.165) is 11.1 Å². The highest BCUT2D eigenvalue weighted by Gasteiger charge is 2.09. The lowest BCUT2D eigenvalue weighted by Gasteiger charge is -2.08. The van der Waals surface area contributed by atoms with Crippen molar-refractivity contribution in [2.45, 2.75) is 13.5 Å². The second-order valence-corrected chi connectivity index (χ2v) is 4.13. The van der Waals surface area contributed by atoms with Crippen molar-refractivity contribution in [3.8, 4) is 0 Å². The minimum absolute atomic E-state index is 0.167. The smallest absolute Gasteiger partial charge is 0.253 e. The predicted octanol–water partition coefficient (Wildman–Crippen LogP) is 1.90. The normalized spacial score (nSPS) is 10.1. The van der Waals surface area contributed by atoms with Gasteiger partial charge in [-0.15, -0.1) is 0 Å². The predicted molar refractivity (Wildman–Crippen MR) is 71.0 cm³/mol. The second-order valence-electron chi connectivity index (χ2n) is 4.13. The van der Waals surface area contributed by atoms with Crippen LogP contribution < -0.4 is 11.1 Å². The third kappa shape index (κ3) is 2.85. The minimum atomic E-state index is -0.167. The van der Waals surface area contributed by atoms with E-state index in [4.69, 9.17) is 5.73 Å². The zero-order chi connectivity index (χ0) is 13.0. The molecule has 4 heteroatoms. The Morgan fingerprint density at radius 1 is 1.39 bits per heavy atom. The molecule has 1 heterocycles. The first-order valence-electron chi connectivity index (χ1n) is 5.70. The summed E-state index contributed by atoms with van der Waals surface area (Å²) >= 11 is 0. The first kappa shape index (κ1) is 12.1. The van der Waals surface area contributed by atoms with Crippen LogP contribution in [0, 0.1) is 6.92 Å². The molecule has 0 fully saturated rings. The molecule has 1 amide bonds. The Kier molecular flexibility index (Phi) is 3.57. The van der Waals surface area contributed by atoms with E-state index in [1.807, 2.05) is 25.1 Å². The van der Waals surface area contributed by atoms with Gasteiger partial charge in [-0.25, -0.2) is 0 Å². The fourth-order valence-electron chi connectivity index (χ4n) is 1.65. The average molecular weight is 241 g/mol. The summed E-state index contributed by atoms with van der Waals surface area (Å²) in [4.78, 5) is 16.0. The number of anilines is 1. The molecule has 0 saturated carbocycles. The van der Waals surface area contributed by atoms with Crippen LogP contribution in [-0.2, 0) is 6.54 Å². The molecule has 1 aromatic heterocycles. The van der Waals surface area contributed by atoms with Crippen LogP contribution in [0.15, 0.2) is 42.7 Å². The van der Waals surface area contributed by atoms with E-state index < -0.39 is 0 Å². The molecule has 0 aliphatic rings. The summed E-state index contributed by atoms with van der Waals surface area (Å²) in [7, 11) is 0. The molecular weight excluding hydrogens is 226 g/mol. The number of pyridine rings is 1. The number of aromatic nitrogens is 1. The third-order valence-electron chi connectivity index (χ3n) is 2.63. The highest BCUT2D eigenvalue weighted by molar-refractivity contribution is 5.99. The maximum absolute atomic E-state index is 12.0. The molecule has 92 valence electrons. The van der Waals surface area contributed by atoms with Crippen molar-refractivity contribution >= 4 is 11.6 Å². The standard InChI is InChI=1S/C14H15N3O/c1-10-4-5-13(15)12(7-10)14(18)17-9-11-3-2-6-16-8-11/h2-8H,9,15H2,1H3,(H,17,18). The van der Waals surface area contributed by atoms with Crippen LogP contribution in [0.2, 0.25) is 0 Å². The molecule has 0 aliphatic carbocycles. The number of carbonyl (C=O) groups excluding carboxylic acids is 1. The van der Waals surface area contributed by atoms with Crippen LogP contribution in [0.1, 0.15) is 21.5 Å². The van der Waals surface area contributed by atoms with Gasteiger partial charge in [0.1, 0.15) is 0 Å². The van der Waals surface area contributed by atoms with Crippen molar-refractivity contribution in [1.29, 1.82) is 0 Å². The lowest BCUT2D eigenvalue weighted by atomic mass is 10.1. The fraction of sp³-hybridized carbons (Fsp3) is 0.143. The van der Waals surface area contributed by atoms with Crippen molar-refractivity contribution in [3.63, 3.8) is 0 Å². The monoisotopic (exact) mass is 241 g/mol. The molecule has 4 nitrogen and oxygen atoms in total. The fourth-order valence-corrected chi connectivity index (χ4v) is 1.65. The Balaban J connectivity index is 2.06. The summed E-state index contributed by atoms with van der Waals surface area (Å²) in [6.45, 7) is 2.37. The van der Waals surface area contributed by atoms with Crippen molar-refractivity contribution in [2.24, 2.45) is 0 Å². The number of hydrogen-bond donors (Lipinski definition) is 2. The first-order chi connectivity index (χ1) is 8.66. The zero-order valence-corrected chi connectivity index (χ0v) is 10.2. The number of nitrogens with zero attached hydrogens (tertiary/aromatic N) is 1. The summed E-state index contributed by atoms with van der Waals surface area (Å²) in [5.74, 6) is -0.167. The Bertz CT molecular complexity index is 552. The average Bonchev–Trinajstić information content (AvgIpc) is 2.40. The first-order valence-corrected chi connectivity index (χ1v) is 5.70. The van der Waals surface area contributed by atoms with Gasteiger partial charge in [0.15, 0.2) is 0 Å². The quantitative estimate of drug-likeness (QED) is 0.806. The highest BCUT2D eigenvalue weighted by Crippen LogP contribution is 2.13. The van der Waals surface area contributed by atoms with Crippen molar-refractivity contribution in [2.75, 3.05) is 5.73 Å². The van der Waals surface area contributed by atoms with Crippen molar-refractivity contribution in [1.82, 2.24) is 10.3 Å². The Morgan fingerprint density at radius 2 is 2.22 bits per heavy atom. The van der Waals surface area contributed by atoms with Gasteiger partial charge < -0.3 is 11.1 Å². The Labute approximate surface area is 106 Å². The summed E-state index contributed by atoms with van der Waals surface area (Å²) in [5.41, 5.74) is 8.75. The minimum Gasteiger partial charge on any atom is -0.398 e. The summed E-state index contributed by atoms with van der Waals surface area (Å²) < 4.78 is 0. The van der Waals surface area contributed by atoms with E-state index in [1.165, 1.54) is 0 Å². The van der Waals surface area contributed by atoms with Gasteiger partial charge in [0.05, 0.1) is 5.56 Å². The molecule has 0 radical (unpaired) electrons. The number of aryl methyl sites for hydroxylation is 1. The van der Waals surface area contributed by atoms with Gasteiger partial charge in [0, 0.05) is 24.6 Å². The van der Waals surface area contributed by atoms with Crippen LogP contribution in [0.3, 0.4) is 0 Å². The molecule has 1 aromatic carbocycles. The van der Waals surface area contributed by atoms with Gasteiger partial charge in [0.2, 0.25) is 0 Å². The summed E-state index contributed by atoms with van der Waals surface area (Å²) in [5, 5.41) is 2.82. The number of hydrogen-bond acceptors (Lipinski definition) is 3. The Hall–Kier alpha value is -2.36. The number of nitrogens with two attached hydrogens (primary N) is 1. The van der Waals surface area contributed by atoms with E-state index >= 15 is 0 Å². The summed E-state index contributed by atoms with van der Waals surface area (Å²) in [6.07, 6.45) is 3.42. The number of benzene rings is 1. The third-order valence-corrected chi connectivity index (χ3v) is 2.63.